The maximum Gasteiger partial charge on any atom is 0.315 e. The Bertz CT molecular complexity index is 959. The molecule has 0 fully saturated rings. The summed E-state index contributed by atoms with van der Waals surface area (Å²) in [6.07, 6.45) is 1.68. The van der Waals surface area contributed by atoms with E-state index in [0.29, 0.717) is 42.8 Å². The maximum absolute atomic E-state index is 12.0. The first-order valence-electron chi connectivity index (χ1n) is 9.13. The minimum Gasteiger partial charge on any atom is -0.486 e. The molecule has 0 unspecified atom stereocenters. The third-order valence-corrected chi connectivity index (χ3v) is 5.68. The van der Waals surface area contributed by atoms with Crippen molar-refractivity contribution < 1.29 is 14.3 Å². The van der Waals surface area contributed by atoms with Gasteiger partial charge >= 0.3 is 6.03 Å². The highest BCUT2D eigenvalue weighted by molar-refractivity contribution is 7.18. The Labute approximate surface area is 171 Å². The van der Waals surface area contributed by atoms with Gasteiger partial charge in [0, 0.05) is 19.5 Å². The number of nitrogens with one attached hydrogen (secondary N) is 2. The van der Waals surface area contributed by atoms with Gasteiger partial charge in [-0.05, 0) is 36.2 Å². The molecule has 0 aliphatic carbocycles. The van der Waals surface area contributed by atoms with Crippen LogP contribution in [0.5, 0.6) is 11.5 Å². The molecule has 8 heteroatoms. The standard InChI is InChI=1S/C20H20ClN3O3S/c21-14-10-13(11-16-19(14)27-9-8-26-16)12-23-20(25)22-7-3-6-18-24-15-4-1-2-5-17(15)28-18/h1-2,4-5,10-11H,3,6-9,12H2,(H2,22,23,25). The molecule has 4 rings (SSSR count). The zero-order valence-electron chi connectivity index (χ0n) is 15.2. The number of benzene rings is 2. The highest BCUT2D eigenvalue weighted by atomic mass is 35.5. The van der Waals surface area contributed by atoms with Gasteiger partial charge in [-0.25, -0.2) is 9.78 Å². The van der Waals surface area contributed by atoms with Crippen molar-refractivity contribution >= 4 is 39.2 Å². The van der Waals surface area contributed by atoms with Crippen molar-refractivity contribution in [2.45, 2.75) is 19.4 Å². The van der Waals surface area contributed by atoms with Crippen molar-refractivity contribution in [3.05, 3.63) is 52.0 Å². The van der Waals surface area contributed by atoms with E-state index >= 15 is 0 Å². The molecule has 1 aromatic heterocycles. The second kappa shape index (κ2) is 8.67. The Morgan fingerprint density at radius 2 is 2.04 bits per heavy atom. The van der Waals surface area contributed by atoms with E-state index in [9.17, 15) is 4.79 Å². The average Bonchev–Trinajstić information content (AvgIpc) is 3.13. The van der Waals surface area contributed by atoms with E-state index in [-0.39, 0.29) is 6.03 Å². The van der Waals surface area contributed by atoms with E-state index in [1.54, 1.807) is 17.4 Å². The number of thiazole rings is 1. The van der Waals surface area contributed by atoms with Gasteiger partial charge in [0.25, 0.3) is 0 Å². The molecule has 2 amide bonds. The zero-order chi connectivity index (χ0) is 19.3. The number of hydrogen-bond acceptors (Lipinski definition) is 5. The molecule has 1 aliphatic rings. The number of nitrogens with zero attached hydrogens (tertiary/aromatic N) is 1. The summed E-state index contributed by atoms with van der Waals surface area (Å²) in [6.45, 7) is 1.93. The number of halogens is 1. The van der Waals surface area contributed by atoms with Crippen molar-refractivity contribution in [2.24, 2.45) is 0 Å². The van der Waals surface area contributed by atoms with Crippen LogP contribution in [-0.2, 0) is 13.0 Å². The number of carbonyl (C=O) groups is 1. The number of carbonyl (C=O) groups excluding carboxylic acids is 1. The number of urea groups is 1. The van der Waals surface area contributed by atoms with Crippen LogP contribution in [0.1, 0.15) is 17.0 Å². The lowest BCUT2D eigenvalue weighted by atomic mass is 10.2. The Balaban J connectivity index is 1.21. The number of aromatic nitrogens is 1. The predicted molar refractivity (Wildman–Crippen MR) is 111 cm³/mol. The van der Waals surface area contributed by atoms with E-state index in [4.69, 9.17) is 21.1 Å². The number of fused-ring (bicyclic) bond motifs is 2. The third-order valence-electron chi connectivity index (χ3n) is 4.30. The highest BCUT2D eigenvalue weighted by Gasteiger charge is 2.16. The average molecular weight is 418 g/mol. The molecule has 2 N–H and O–H groups in total. The normalized spacial score (nSPS) is 12.8. The third kappa shape index (κ3) is 4.48. The zero-order valence-corrected chi connectivity index (χ0v) is 16.7. The summed E-state index contributed by atoms with van der Waals surface area (Å²) in [5, 5.41) is 7.29. The van der Waals surface area contributed by atoms with Crippen LogP contribution in [0.4, 0.5) is 4.79 Å². The van der Waals surface area contributed by atoms with E-state index in [2.05, 4.69) is 21.7 Å². The van der Waals surface area contributed by atoms with Crippen molar-refractivity contribution in [3.8, 4) is 11.5 Å². The van der Waals surface area contributed by atoms with E-state index in [1.807, 2.05) is 24.3 Å². The number of para-hydroxylation sites is 1. The maximum atomic E-state index is 12.0. The molecule has 6 nitrogen and oxygen atoms in total. The fourth-order valence-electron chi connectivity index (χ4n) is 2.98. The van der Waals surface area contributed by atoms with Crippen LogP contribution in [0.2, 0.25) is 5.02 Å². The lowest BCUT2D eigenvalue weighted by Crippen LogP contribution is -2.35. The molecule has 0 atom stereocenters. The molecular weight excluding hydrogens is 398 g/mol. The number of amides is 2. The summed E-state index contributed by atoms with van der Waals surface area (Å²) in [5.74, 6) is 1.18. The molecule has 146 valence electrons. The minimum atomic E-state index is -0.213. The molecule has 2 heterocycles. The van der Waals surface area contributed by atoms with E-state index < -0.39 is 0 Å². The van der Waals surface area contributed by atoms with Gasteiger partial charge in [-0.1, -0.05) is 23.7 Å². The fourth-order valence-corrected chi connectivity index (χ4v) is 4.28. The first kappa shape index (κ1) is 18.8. The van der Waals surface area contributed by atoms with Crippen LogP contribution in [0, 0.1) is 0 Å². The van der Waals surface area contributed by atoms with E-state index in [1.165, 1.54) is 4.70 Å². The summed E-state index contributed by atoms with van der Waals surface area (Å²) >= 11 is 7.92. The molecule has 0 spiro atoms. The van der Waals surface area contributed by atoms with Gasteiger partial charge in [-0.15, -0.1) is 11.3 Å². The van der Waals surface area contributed by atoms with Gasteiger partial charge in [-0.3, -0.25) is 0 Å². The first-order valence-corrected chi connectivity index (χ1v) is 10.3. The Hall–Kier alpha value is -2.51. The van der Waals surface area contributed by atoms with Gasteiger partial charge < -0.3 is 20.1 Å². The fraction of sp³-hybridized carbons (Fsp3) is 0.300. The van der Waals surface area contributed by atoms with Crippen molar-refractivity contribution in [1.82, 2.24) is 15.6 Å². The second-order valence-corrected chi connectivity index (χ2v) is 7.91. The van der Waals surface area contributed by atoms with Crippen LogP contribution >= 0.6 is 22.9 Å². The summed E-state index contributed by atoms with van der Waals surface area (Å²) in [7, 11) is 0. The smallest absolute Gasteiger partial charge is 0.315 e. The Kier molecular flexibility index (Phi) is 5.83. The van der Waals surface area contributed by atoms with Crippen molar-refractivity contribution in [2.75, 3.05) is 19.8 Å². The molecule has 2 aromatic carbocycles. The van der Waals surface area contributed by atoms with Crippen LogP contribution in [0.3, 0.4) is 0 Å². The summed E-state index contributed by atoms with van der Waals surface area (Å²) in [5.41, 5.74) is 1.89. The molecule has 0 saturated heterocycles. The molecule has 0 bridgehead atoms. The quantitative estimate of drug-likeness (QED) is 0.591. The second-order valence-electron chi connectivity index (χ2n) is 6.39. The lowest BCUT2D eigenvalue weighted by molar-refractivity contribution is 0.171. The number of rotatable bonds is 6. The molecular formula is C20H20ClN3O3S. The molecule has 0 radical (unpaired) electrons. The number of ether oxygens (including phenoxy) is 2. The molecule has 1 aliphatic heterocycles. The number of hydrogen-bond donors (Lipinski definition) is 2. The first-order chi connectivity index (χ1) is 13.7. The minimum absolute atomic E-state index is 0.213. The van der Waals surface area contributed by atoms with Crippen LogP contribution < -0.4 is 20.1 Å². The van der Waals surface area contributed by atoms with Gasteiger partial charge in [-0.2, -0.15) is 0 Å². The van der Waals surface area contributed by atoms with Crippen molar-refractivity contribution in [3.63, 3.8) is 0 Å². The van der Waals surface area contributed by atoms with Crippen molar-refractivity contribution in [1.29, 1.82) is 0 Å². The highest BCUT2D eigenvalue weighted by Crippen LogP contribution is 2.38. The Morgan fingerprint density at radius 1 is 1.18 bits per heavy atom. The Morgan fingerprint density at radius 3 is 2.93 bits per heavy atom. The SMILES string of the molecule is O=C(NCCCc1nc2ccccc2s1)NCc1cc(Cl)c2c(c1)OCCO2. The summed E-state index contributed by atoms with van der Waals surface area (Å²) < 4.78 is 12.2. The van der Waals surface area contributed by atoms with Crippen LogP contribution in [0.15, 0.2) is 36.4 Å². The van der Waals surface area contributed by atoms with Gasteiger partial charge in [0.2, 0.25) is 0 Å². The van der Waals surface area contributed by atoms with Crippen LogP contribution in [0.25, 0.3) is 10.2 Å². The topological polar surface area (TPSA) is 72.5 Å². The molecule has 3 aromatic rings. The predicted octanol–water partition coefficient (Wildman–Crippen LogP) is 4.15. The molecule has 0 saturated carbocycles. The monoisotopic (exact) mass is 417 g/mol. The number of aryl methyl sites for hydroxylation is 1. The lowest BCUT2D eigenvalue weighted by Gasteiger charge is -2.20. The van der Waals surface area contributed by atoms with Gasteiger partial charge in [0.05, 0.1) is 20.2 Å². The van der Waals surface area contributed by atoms with Crippen LogP contribution in [-0.4, -0.2) is 30.8 Å². The van der Waals surface area contributed by atoms with Gasteiger partial charge in [0.15, 0.2) is 11.5 Å². The molecule has 28 heavy (non-hydrogen) atoms. The van der Waals surface area contributed by atoms with Gasteiger partial charge in [0.1, 0.15) is 13.2 Å². The summed E-state index contributed by atoms with van der Waals surface area (Å²) in [4.78, 5) is 16.6. The summed E-state index contributed by atoms with van der Waals surface area (Å²) in [6, 6.07) is 11.5. The largest absolute Gasteiger partial charge is 0.486 e. The van der Waals surface area contributed by atoms with E-state index in [0.717, 1.165) is 28.9 Å².